The number of rotatable bonds is 2. The predicted octanol–water partition coefficient (Wildman–Crippen LogP) is 2.02. The standard InChI is InChI=1S/C11H13NO/c1-2-7-12-8-10-5-3-4-6-11(10)13-9-12/h2-6H,1,7-9H2. The molecule has 2 heteroatoms. The van der Waals surface area contributed by atoms with E-state index in [9.17, 15) is 0 Å². The van der Waals surface area contributed by atoms with Crippen LogP contribution in [0.4, 0.5) is 0 Å². The second-order valence-electron chi connectivity index (χ2n) is 3.18. The van der Waals surface area contributed by atoms with Crippen molar-refractivity contribution in [2.45, 2.75) is 6.54 Å². The fourth-order valence-electron chi connectivity index (χ4n) is 1.52. The maximum atomic E-state index is 5.57. The van der Waals surface area contributed by atoms with Crippen LogP contribution in [0.5, 0.6) is 5.75 Å². The summed E-state index contributed by atoms with van der Waals surface area (Å²) in [5, 5.41) is 0. The van der Waals surface area contributed by atoms with E-state index >= 15 is 0 Å². The van der Waals surface area contributed by atoms with Crippen LogP contribution in [0.1, 0.15) is 5.56 Å². The molecule has 68 valence electrons. The second-order valence-corrected chi connectivity index (χ2v) is 3.18. The minimum atomic E-state index is 0.670. The van der Waals surface area contributed by atoms with E-state index in [-0.39, 0.29) is 0 Å². The molecule has 2 nitrogen and oxygen atoms in total. The highest BCUT2D eigenvalue weighted by Crippen LogP contribution is 2.23. The van der Waals surface area contributed by atoms with Gasteiger partial charge in [-0.05, 0) is 6.07 Å². The van der Waals surface area contributed by atoms with Crippen LogP contribution in [0.2, 0.25) is 0 Å². The van der Waals surface area contributed by atoms with Gasteiger partial charge in [-0.1, -0.05) is 24.3 Å². The molecule has 0 atom stereocenters. The van der Waals surface area contributed by atoms with E-state index in [1.54, 1.807) is 0 Å². The third kappa shape index (κ3) is 1.73. The normalized spacial score (nSPS) is 16.0. The fourth-order valence-corrected chi connectivity index (χ4v) is 1.52. The summed E-state index contributed by atoms with van der Waals surface area (Å²) in [6, 6.07) is 8.16. The van der Waals surface area contributed by atoms with Gasteiger partial charge >= 0.3 is 0 Å². The van der Waals surface area contributed by atoms with Gasteiger partial charge in [0.25, 0.3) is 0 Å². The molecule has 1 heterocycles. The molecule has 1 aromatic rings. The lowest BCUT2D eigenvalue weighted by atomic mass is 10.2. The van der Waals surface area contributed by atoms with E-state index in [2.05, 4.69) is 17.5 Å². The van der Waals surface area contributed by atoms with Crippen LogP contribution in [-0.4, -0.2) is 18.2 Å². The zero-order valence-corrected chi connectivity index (χ0v) is 7.57. The van der Waals surface area contributed by atoms with Gasteiger partial charge in [-0.15, -0.1) is 6.58 Å². The number of fused-ring (bicyclic) bond motifs is 1. The molecule has 0 aromatic heterocycles. The van der Waals surface area contributed by atoms with Crippen LogP contribution in [0.3, 0.4) is 0 Å². The molecule has 0 amide bonds. The smallest absolute Gasteiger partial charge is 0.142 e. The van der Waals surface area contributed by atoms with Crippen molar-refractivity contribution in [3.05, 3.63) is 42.5 Å². The summed E-state index contributed by atoms with van der Waals surface area (Å²) in [6.45, 7) is 6.23. The molecule has 0 fully saturated rings. The van der Waals surface area contributed by atoms with Crippen molar-refractivity contribution < 1.29 is 4.74 Å². The molecule has 2 rings (SSSR count). The van der Waals surface area contributed by atoms with E-state index in [1.807, 2.05) is 24.3 Å². The van der Waals surface area contributed by atoms with Gasteiger partial charge in [0, 0.05) is 18.7 Å². The lowest BCUT2D eigenvalue weighted by Crippen LogP contribution is -2.31. The van der Waals surface area contributed by atoms with Gasteiger partial charge in [-0.25, -0.2) is 0 Å². The first-order chi connectivity index (χ1) is 6.40. The molecule has 0 saturated heterocycles. The van der Waals surface area contributed by atoms with Crippen LogP contribution < -0.4 is 4.74 Å². The Morgan fingerprint density at radius 3 is 3.15 bits per heavy atom. The van der Waals surface area contributed by atoms with Crippen molar-refractivity contribution >= 4 is 0 Å². The van der Waals surface area contributed by atoms with Crippen molar-refractivity contribution in [1.29, 1.82) is 0 Å². The summed E-state index contributed by atoms with van der Waals surface area (Å²) < 4.78 is 5.57. The zero-order chi connectivity index (χ0) is 9.10. The number of hydrogen-bond acceptors (Lipinski definition) is 2. The molecule has 0 radical (unpaired) electrons. The lowest BCUT2D eigenvalue weighted by molar-refractivity contribution is 0.107. The molecule has 0 aliphatic carbocycles. The lowest BCUT2D eigenvalue weighted by Gasteiger charge is -2.27. The molecule has 0 N–H and O–H groups in total. The minimum absolute atomic E-state index is 0.670. The number of nitrogens with zero attached hydrogens (tertiary/aromatic N) is 1. The molecular weight excluding hydrogens is 162 g/mol. The maximum Gasteiger partial charge on any atom is 0.142 e. The molecule has 0 bridgehead atoms. The van der Waals surface area contributed by atoms with Crippen LogP contribution in [0.15, 0.2) is 36.9 Å². The Hall–Kier alpha value is -1.28. The molecule has 13 heavy (non-hydrogen) atoms. The van der Waals surface area contributed by atoms with Gasteiger partial charge in [-0.2, -0.15) is 0 Å². The highest BCUT2D eigenvalue weighted by Gasteiger charge is 2.14. The summed E-state index contributed by atoms with van der Waals surface area (Å²) in [7, 11) is 0. The Morgan fingerprint density at radius 2 is 2.31 bits per heavy atom. The SMILES string of the molecule is C=CCN1COc2ccccc2C1. The Morgan fingerprint density at radius 1 is 1.46 bits per heavy atom. The van der Waals surface area contributed by atoms with Crippen LogP contribution in [0, 0.1) is 0 Å². The number of benzene rings is 1. The summed E-state index contributed by atoms with van der Waals surface area (Å²) in [5.41, 5.74) is 1.26. The summed E-state index contributed by atoms with van der Waals surface area (Å²) in [5.74, 6) is 1.02. The fraction of sp³-hybridized carbons (Fsp3) is 0.273. The van der Waals surface area contributed by atoms with Crippen molar-refractivity contribution in [2.24, 2.45) is 0 Å². The first-order valence-corrected chi connectivity index (χ1v) is 4.44. The van der Waals surface area contributed by atoms with Crippen molar-refractivity contribution in [1.82, 2.24) is 4.90 Å². The highest BCUT2D eigenvalue weighted by atomic mass is 16.5. The first-order valence-electron chi connectivity index (χ1n) is 4.44. The highest BCUT2D eigenvalue weighted by molar-refractivity contribution is 5.34. The van der Waals surface area contributed by atoms with Gasteiger partial charge in [0.1, 0.15) is 12.5 Å². The third-order valence-electron chi connectivity index (χ3n) is 2.16. The molecule has 1 aliphatic heterocycles. The summed E-state index contributed by atoms with van der Waals surface area (Å²) in [6.07, 6.45) is 1.90. The van der Waals surface area contributed by atoms with E-state index in [4.69, 9.17) is 4.74 Å². The minimum Gasteiger partial charge on any atom is -0.478 e. The van der Waals surface area contributed by atoms with Gasteiger partial charge in [0.2, 0.25) is 0 Å². The maximum absolute atomic E-state index is 5.57. The Labute approximate surface area is 78.4 Å². The average Bonchev–Trinajstić information content (AvgIpc) is 2.18. The van der Waals surface area contributed by atoms with Gasteiger partial charge < -0.3 is 4.74 Å². The monoisotopic (exact) mass is 175 g/mol. The molecule has 0 spiro atoms. The van der Waals surface area contributed by atoms with E-state index in [1.165, 1.54) is 5.56 Å². The average molecular weight is 175 g/mol. The summed E-state index contributed by atoms with van der Waals surface area (Å²) >= 11 is 0. The quantitative estimate of drug-likeness (QED) is 0.638. The van der Waals surface area contributed by atoms with Crippen molar-refractivity contribution in [3.63, 3.8) is 0 Å². The topological polar surface area (TPSA) is 12.5 Å². The summed E-state index contributed by atoms with van der Waals surface area (Å²) in [4.78, 5) is 2.20. The van der Waals surface area contributed by atoms with Gasteiger partial charge in [-0.3, -0.25) is 4.90 Å². The first kappa shape index (κ1) is 8.32. The Balaban J connectivity index is 2.15. The molecule has 1 aromatic carbocycles. The van der Waals surface area contributed by atoms with E-state index < -0.39 is 0 Å². The third-order valence-corrected chi connectivity index (χ3v) is 2.16. The largest absolute Gasteiger partial charge is 0.478 e. The number of hydrogen-bond donors (Lipinski definition) is 0. The van der Waals surface area contributed by atoms with Gasteiger partial charge in [0.05, 0.1) is 0 Å². The molecule has 0 unspecified atom stereocenters. The molecule has 1 aliphatic rings. The number of para-hydroxylation sites is 1. The van der Waals surface area contributed by atoms with Gasteiger partial charge in [0.15, 0.2) is 0 Å². The van der Waals surface area contributed by atoms with Crippen molar-refractivity contribution in [2.75, 3.05) is 13.3 Å². The Kier molecular flexibility index (Phi) is 2.32. The van der Waals surface area contributed by atoms with Crippen molar-refractivity contribution in [3.8, 4) is 5.75 Å². The number of ether oxygens (including phenoxy) is 1. The van der Waals surface area contributed by atoms with Crippen LogP contribution >= 0.6 is 0 Å². The second kappa shape index (κ2) is 3.62. The van der Waals surface area contributed by atoms with E-state index in [0.717, 1.165) is 18.8 Å². The van der Waals surface area contributed by atoms with E-state index in [0.29, 0.717) is 6.73 Å². The van der Waals surface area contributed by atoms with Crippen LogP contribution in [0.25, 0.3) is 0 Å². The Bertz CT molecular complexity index is 309. The predicted molar refractivity (Wildman–Crippen MR) is 52.5 cm³/mol. The zero-order valence-electron chi connectivity index (χ0n) is 7.57. The molecule has 0 saturated carbocycles. The van der Waals surface area contributed by atoms with Crippen LogP contribution in [-0.2, 0) is 6.54 Å². The molecular formula is C11H13NO.